The predicted octanol–water partition coefficient (Wildman–Crippen LogP) is 4.39. The van der Waals surface area contributed by atoms with Crippen molar-refractivity contribution in [2.75, 3.05) is 7.05 Å². The quantitative estimate of drug-likeness (QED) is 0.772. The van der Waals surface area contributed by atoms with Crippen LogP contribution in [0.25, 0.3) is 10.9 Å². The van der Waals surface area contributed by atoms with Crippen LogP contribution in [0.4, 0.5) is 0 Å². The lowest BCUT2D eigenvalue weighted by Gasteiger charge is -2.17. The smallest absolute Gasteiger partial charge is 0.0719 e. The fourth-order valence-corrected chi connectivity index (χ4v) is 2.82. The largest absolute Gasteiger partial charge is 0.313 e. The number of nitrogens with one attached hydrogen (secondary N) is 1. The number of rotatable bonds is 4. The topological polar surface area (TPSA) is 24.9 Å². The first kappa shape index (κ1) is 14.1. The molecule has 2 nitrogen and oxygen atoms in total. The molecular weight excluding hydrogens is 280 g/mol. The molecule has 3 rings (SSSR count). The molecule has 0 aliphatic rings. The van der Waals surface area contributed by atoms with E-state index in [2.05, 4.69) is 46.7 Å². The molecule has 106 valence electrons. The summed E-state index contributed by atoms with van der Waals surface area (Å²) in [7, 11) is 2.00. The van der Waals surface area contributed by atoms with Gasteiger partial charge in [-0.1, -0.05) is 48.0 Å². The Bertz CT molecular complexity index is 741. The first-order chi connectivity index (χ1) is 10.3. The summed E-state index contributed by atoms with van der Waals surface area (Å²) in [5.41, 5.74) is 3.52. The molecule has 0 saturated carbocycles. The van der Waals surface area contributed by atoms with Gasteiger partial charge in [-0.25, -0.2) is 0 Å². The number of likely N-dealkylation sites (N-methyl/N-ethyl adjacent to an activating group) is 1. The fraction of sp³-hybridized carbons (Fsp3) is 0.167. The van der Waals surface area contributed by atoms with Crippen molar-refractivity contribution in [2.24, 2.45) is 0 Å². The predicted molar refractivity (Wildman–Crippen MR) is 88.7 cm³/mol. The summed E-state index contributed by atoms with van der Waals surface area (Å²) in [6, 6.07) is 18.8. The Morgan fingerprint density at radius 1 is 1.10 bits per heavy atom. The minimum absolute atomic E-state index is 0.285. The highest BCUT2D eigenvalue weighted by molar-refractivity contribution is 6.31. The second kappa shape index (κ2) is 6.25. The van der Waals surface area contributed by atoms with E-state index in [1.54, 1.807) is 0 Å². The van der Waals surface area contributed by atoms with E-state index in [0.717, 1.165) is 22.3 Å². The average Bonchev–Trinajstić information content (AvgIpc) is 2.53. The molecule has 3 aromatic rings. The summed E-state index contributed by atoms with van der Waals surface area (Å²) >= 11 is 6.05. The molecule has 0 amide bonds. The third kappa shape index (κ3) is 3.07. The van der Waals surface area contributed by atoms with Crippen molar-refractivity contribution < 1.29 is 0 Å². The van der Waals surface area contributed by atoms with Crippen LogP contribution in [0.3, 0.4) is 0 Å². The molecule has 1 N–H and O–H groups in total. The molecule has 21 heavy (non-hydrogen) atoms. The van der Waals surface area contributed by atoms with Gasteiger partial charge in [0.05, 0.1) is 5.52 Å². The van der Waals surface area contributed by atoms with E-state index < -0.39 is 0 Å². The second-order valence-electron chi connectivity index (χ2n) is 5.09. The van der Waals surface area contributed by atoms with Gasteiger partial charge in [-0.3, -0.25) is 4.98 Å². The molecule has 0 fully saturated rings. The molecule has 0 saturated heterocycles. The minimum atomic E-state index is 0.285. The molecule has 1 unspecified atom stereocenters. The van der Waals surface area contributed by atoms with Crippen LogP contribution in [-0.4, -0.2) is 12.0 Å². The van der Waals surface area contributed by atoms with Crippen LogP contribution in [-0.2, 0) is 6.42 Å². The van der Waals surface area contributed by atoms with Gasteiger partial charge in [-0.15, -0.1) is 0 Å². The highest BCUT2D eigenvalue weighted by Crippen LogP contribution is 2.25. The summed E-state index contributed by atoms with van der Waals surface area (Å²) in [5, 5.41) is 5.28. The van der Waals surface area contributed by atoms with E-state index in [0.29, 0.717) is 0 Å². The molecule has 0 aliphatic heterocycles. The lowest BCUT2D eigenvalue weighted by atomic mass is 9.97. The van der Waals surface area contributed by atoms with Gasteiger partial charge in [0.25, 0.3) is 0 Å². The second-order valence-corrected chi connectivity index (χ2v) is 5.52. The number of fused-ring (bicyclic) bond motifs is 1. The van der Waals surface area contributed by atoms with Gasteiger partial charge < -0.3 is 5.32 Å². The van der Waals surface area contributed by atoms with E-state index in [9.17, 15) is 0 Å². The van der Waals surface area contributed by atoms with E-state index in [-0.39, 0.29) is 6.04 Å². The summed E-state index contributed by atoms with van der Waals surface area (Å²) < 4.78 is 0. The lowest BCUT2D eigenvalue weighted by molar-refractivity contribution is 0.594. The zero-order chi connectivity index (χ0) is 14.7. The van der Waals surface area contributed by atoms with Crippen molar-refractivity contribution in [1.29, 1.82) is 0 Å². The normalized spacial score (nSPS) is 12.5. The van der Waals surface area contributed by atoms with Crippen LogP contribution >= 0.6 is 11.6 Å². The molecule has 3 heteroatoms. The van der Waals surface area contributed by atoms with Crippen molar-refractivity contribution in [3.05, 3.63) is 76.9 Å². The van der Waals surface area contributed by atoms with Gasteiger partial charge in [0.15, 0.2) is 0 Å². The zero-order valence-electron chi connectivity index (χ0n) is 11.9. The van der Waals surface area contributed by atoms with Crippen LogP contribution in [0.15, 0.2) is 60.8 Å². The Labute approximate surface area is 129 Å². The standard InChI is InChI=1S/C18H17ClN2/c1-20-17(13-5-3-2-4-6-13)11-14-9-10-21-18-12-15(19)7-8-16(14)18/h2-10,12,17,20H,11H2,1H3. The van der Waals surface area contributed by atoms with Gasteiger partial charge in [0, 0.05) is 22.6 Å². The summed E-state index contributed by atoms with van der Waals surface area (Å²) in [5.74, 6) is 0. The van der Waals surface area contributed by atoms with Crippen LogP contribution in [0.2, 0.25) is 5.02 Å². The Morgan fingerprint density at radius 3 is 2.67 bits per heavy atom. The minimum Gasteiger partial charge on any atom is -0.313 e. The van der Waals surface area contributed by atoms with Gasteiger partial charge in [-0.2, -0.15) is 0 Å². The van der Waals surface area contributed by atoms with Crippen molar-refractivity contribution in [3.8, 4) is 0 Å². The van der Waals surface area contributed by atoms with E-state index >= 15 is 0 Å². The van der Waals surface area contributed by atoms with Gasteiger partial charge in [-0.05, 0) is 42.8 Å². The highest BCUT2D eigenvalue weighted by atomic mass is 35.5. The number of aromatic nitrogens is 1. The molecule has 0 radical (unpaired) electrons. The molecule has 1 heterocycles. The molecule has 0 spiro atoms. The number of nitrogens with zero attached hydrogens (tertiary/aromatic N) is 1. The first-order valence-electron chi connectivity index (χ1n) is 7.03. The maximum absolute atomic E-state index is 6.05. The molecule has 0 bridgehead atoms. The van der Waals surface area contributed by atoms with Gasteiger partial charge in [0.2, 0.25) is 0 Å². The van der Waals surface area contributed by atoms with Crippen LogP contribution < -0.4 is 5.32 Å². The van der Waals surface area contributed by atoms with Crippen molar-refractivity contribution in [2.45, 2.75) is 12.5 Å². The Morgan fingerprint density at radius 2 is 1.90 bits per heavy atom. The maximum atomic E-state index is 6.05. The molecule has 2 aromatic carbocycles. The van der Waals surface area contributed by atoms with Crippen molar-refractivity contribution >= 4 is 22.5 Å². The number of hydrogen-bond donors (Lipinski definition) is 1. The van der Waals surface area contributed by atoms with E-state index in [1.165, 1.54) is 11.1 Å². The third-order valence-electron chi connectivity index (χ3n) is 3.77. The van der Waals surface area contributed by atoms with Crippen LogP contribution in [0, 0.1) is 0 Å². The maximum Gasteiger partial charge on any atom is 0.0719 e. The lowest BCUT2D eigenvalue weighted by Crippen LogP contribution is -2.18. The monoisotopic (exact) mass is 296 g/mol. The SMILES string of the molecule is CNC(Cc1ccnc2cc(Cl)ccc12)c1ccccc1. The summed E-state index contributed by atoms with van der Waals surface area (Å²) in [6.45, 7) is 0. The Balaban J connectivity index is 1.97. The number of halogens is 1. The van der Waals surface area contributed by atoms with Crippen molar-refractivity contribution in [1.82, 2.24) is 10.3 Å². The molecule has 1 atom stereocenters. The average molecular weight is 297 g/mol. The zero-order valence-corrected chi connectivity index (χ0v) is 12.6. The van der Waals surface area contributed by atoms with Crippen molar-refractivity contribution in [3.63, 3.8) is 0 Å². The van der Waals surface area contributed by atoms with E-state index in [1.807, 2.05) is 31.4 Å². The van der Waals surface area contributed by atoms with Gasteiger partial charge >= 0.3 is 0 Å². The Hall–Kier alpha value is -1.90. The van der Waals surface area contributed by atoms with Gasteiger partial charge in [0.1, 0.15) is 0 Å². The van der Waals surface area contributed by atoms with Crippen LogP contribution in [0.1, 0.15) is 17.2 Å². The fourth-order valence-electron chi connectivity index (χ4n) is 2.65. The summed E-state index contributed by atoms with van der Waals surface area (Å²) in [4.78, 5) is 4.40. The van der Waals surface area contributed by atoms with E-state index in [4.69, 9.17) is 11.6 Å². The number of hydrogen-bond acceptors (Lipinski definition) is 2. The van der Waals surface area contributed by atoms with Crippen LogP contribution in [0.5, 0.6) is 0 Å². The molecular formula is C18H17ClN2. The highest BCUT2D eigenvalue weighted by Gasteiger charge is 2.12. The number of pyridine rings is 1. The first-order valence-corrected chi connectivity index (χ1v) is 7.41. The Kier molecular flexibility index (Phi) is 4.18. The third-order valence-corrected chi connectivity index (χ3v) is 4.00. The summed E-state index contributed by atoms with van der Waals surface area (Å²) in [6.07, 6.45) is 2.77. The number of benzene rings is 2. The molecule has 1 aromatic heterocycles. The molecule has 0 aliphatic carbocycles.